The van der Waals surface area contributed by atoms with Crippen molar-refractivity contribution in [2.45, 2.75) is 46.8 Å². The third kappa shape index (κ3) is 7.42. The summed E-state index contributed by atoms with van der Waals surface area (Å²) in [6.07, 6.45) is 3.25. The van der Waals surface area contributed by atoms with E-state index in [2.05, 4.69) is 154 Å². The molecule has 0 fully saturated rings. The van der Waals surface area contributed by atoms with Crippen LogP contribution in [0.25, 0.3) is 81.5 Å². The van der Waals surface area contributed by atoms with Crippen molar-refractivity contribution >= 4 is 77.7 Å². The van der Waals surface area contributed by atoms with Crippen molar-refractivity contribution < 1.29 is 24.5 Å². The predicted octanol–water partition coefficient (Wildman–Crippen LogP) is 13.4. The van der Waals surface area contributed by atoms with Crippen molar-refractivity contribution in [1.29, 1.82) is 0 Å². The van der Waals surface area contributed by atoms with Crippen LogP contribution in [0.1, 0.15) is 25.0 Å². The van der Waals surface area contributed by atoms with E-state index in [0.717, 1.165) is 67.7 Å². The molecule has 0 aliphatic rings. The average molecular weight is 954 g/mol. The Labute approximate surface area is 352 Å². The number of fused-ring (bicyclic) bond motifs is 7. The summed E-state index contributed by atoms with van der Waals surface area (Å²) in [6.45, 7) is 13.9. The monoisotopic (exact) mass is 954 g/mol. The molecule has 0 unspecified atom stereocenters. The van der Waals surface area contributed by atoms with E-state index in [1.54, 1.807) is 0 Å². The van der Waals surface area contributed by atoms with Crippen LogP contribution in [-0.4, -0.2) is 22.6 Å². The summed E-state index contributed by atoms with van der Waals surface area (Å²) in [7, 11) is -1.35. The van der Waals surface area contributed by atoms with Gasteiger partial charge in [0.15, 0.2) is 0 Å². The van der Waals surface area contributed by atoms with Gasteiger partial charge in [-0.15, -0.1) is 64.9 Å². The van der Waals surface area contributed by atoms with E-state index in [9.17, 15) is 0 Å². The fourth-order valence-corrected chi connectivity index (χ4v) is 10.5. The number of aryl methyl sites for hydroxylation is 1. The molecular formula is C50H43IrN3OSSi-2. The van der Waals surface area contributed by atoms with Gasteiger partial charge in [0.25, 0.3) is 0 Å². The van der Waals surface area contributed by atoms with Crippen LogP contribution >= 0.6 is 11.3 Å². The van der Waals surface area contributed by atoms with E-state index >= 15 is 0 Å². The molecule has 0 saturated carbocycles. The molecule has 0 atom stereocenters. The summed E-state index contributed by atoms with van der Waals surface area (Å²) in [5.74, 6) is 1.49. The maximum absolute atomic E-state index is 6.36. The van der Waals surface area contributed by atoms with Crippen molar-refractivity contribution in [3.63, 3.8) is 0 Å². The van der Waals surface area contributed by atoms with Crippen LogP contribution in [0.5, 0.6) is 0 Å². The maximum atomic E-state index is 6.36. The number of benzene rings is 6. The summed E-state index contributed by atoms with van der Waals surface area (Å²) in [6, 6.07) is 51.1. The van der Waals surface area contributed by atoms with Gasteiger partial charge in [0, 0.05) is 57.5 Å². The molecule has 0 aliphatic carbocycles. The average Bonchev–Trinajstić information content (AvgIpc) is 3.89. The molecule has 1 radical (unpaired) electrons. The number of thiophene rings is 1. The Morgan fingerprint density at radius 2 is 1.49 bits per heavy atom. The van der Waals surface area contributed by atoms with Crippen LogP contribution in [0.3, 0.4) is 0 Å². The summed E-state index contributed by atoms with van der Waals surface area (Å²) >= 11 is 1.83. The zero-order valence-corrected chi connectivity index (χ0v) is 37.2. The minimum atomic E-state index is -1.35. The van der Waals surface area contributed by atoms with Gasteiger partial charge in [-0.2, -0.15) is 0 Å². The first-order valence-electron chi connectivity index (χ1n) is 19.3. The van der Waals surface area contributed by atoms with E-state index in [4.69, 9.17) is 14.4 Å². The number of hydrogen-bond acceptors (Lipinski definition) is 4. The van der Waals surface area contributed by atoms with Crippen LogP contribution in [-0.2, 0) is 26.5 Å². The molecule has 4 heterocycles. The van der Waals surface area contributed by atoms with Crippen LogP contribution in [0.2, 0.25) is 19.6 Å². The summed E-state index contributed by atoms with van der Waals surface area (Å²) in [5, 5.41) is 6.22. The molecule has 0 spiro atoms. The molecule has 4 nitrogen and oxygen atoms in total. The minimum Gasteiger partial charge on any atom is -0.501 e. The molecule has 285 valence electrons. The third-order valence-corrected chi connectivity index (χ3v) is 13.6. The topological polar surface area (TPSA) is 43.9 Å². The van der Waals surface area contributed by atoms with E-state index in [1.807, 2.05) is 47.7 Å². The Kier molecular flexibility index (Phi) is 10.6. The molecule has 0 aliphatic heterocycles. The van der Waals surface area contributed by atoms with Gasteiger partial charge in [0.2, 0.25) is 0 Å². The maximum Gasteiger partial charge on any atom is 0.120 e. The van der Waals surface area contributed by atoms with Gasteiger partial charge in [-0.05, 0) is 65.7 Å². The van der Waals surface area contributed by atoms with Crippen molar-refractivity contribution in [3.05, 3.63) is 157 Å². The fraction of sp³-hybridized carbons (Fsp3) is 0.160. The SMILES string of the molecule is Cc1cc[c-]c(-c2cc(CC(C)C)c([Si](C)(C)C)cn2)c1.[Ir].[c-]1ccc2c(oc3ccccc32)c1-c1nc2ccccc2n1-c1ccc2sc3ccccc3c2c1. The molecular weight excluding hydrogens is 911 g/mol. The van der Waals surface area contributed by atoms with Gasteiger partial charge in [-0.25, -0.2) is 0 Å². The molecule has 6 aromatic carbocycles. The first-order valence-corrected chi connectivity index (χ1v) is 23.6. The van der Waals surface area contributed by atoms with Gasteiger partial charge in [0.1, 0.15) is 5.58 Å². The van der Waals surface area contributed by atoms with Gasteiger partial charge in [-0.1, -0.05) is 112 Å². The molecule has 10 rings (SSSR count). The molecule has 7 heteroatoms. The number of pyridine rings is 1. The standard InChI is InChI=1S/C31H17N2OS.C19H26NSi.Ir/c1-5-14-27-20(8-1)22-10-7-11-23(30(22)34-27)31-32-25-12-3-4-13-26(25)33(31)19-16-17-29-24(18-19)21-9-2-6-15-28(21)35-29;1-14(2)10-17-12-18(16-9-7-8-15(3)11-16)20-13-19(17)21(4,5)6;/h1-10,12-18H;7-8,11-14H,10H2,1-6H3;/q2*-1;. The molecule has 0 bridgehead atoms. The smallest absolute Gasteiger partial charge is 0.120 e. The van der Waals surface area contributed by atoms with E-state index < -0.39 is 8.07 Å². The molecule has 0 saturated heterocycles. The largest absolute Gasteiger partial charge is 0.501 e. The van der Waals surface area contributed by atoms with Crippen molar-refractivity contribution in [3.8, 4) is 28.3 Å². The predicted molar refractivity (Wildman–Crippen MR) is 240 cm³/mol. The number of para-hydroxylation sites is 3. The zero-order chi connectivity index (χ0) is 38.6. The number of hydrogen-bond donors (Lipinski definition) is 0. The van der Waals surface area contributed by atoms with Crippen molar-refractivity contribution in [2.24, 2.45) is 5.92 Å². The van der Waals surface area contributed by atoms with Crippen LogP contribution in [0.15, 0.2) is 138 Å². The van der Waals surface area contributed by atoms with E-state index in [-0.39, 0.29) is 20.1 Å². The van der Waals surface area contributed by atoms with Gasteiger partial charge in [0.05, 0.1) is 30.5 Å². The van der Waals surface area contributed by atoms with Crippen molar-refractivity contribution in [1.82, 2.24) is 14.5 Å². The van der Waals surface area contributed by atoms with Crippen LogP contribution < -0.4 is 5.19 Å². The molecule has 4 aromatic heterocycles. The first kappa shape index (κ1) is 38.7. The third-order valence-electron chi connectivity index (χ3n) is 10.4. The van der Waals surface area contributed by atoms with Gasteiger partial charge < -0.3 is 14.0 Å². The van der Waals surface area contributed by atoms with Crippen LogP contribution in [0, 0.1) is 25.0 Å². The second kappa shape index (κ2) is 15.6. The van der Waals surface area contributed by atoms with E-state index in [0.29, 0.717) is 5.92 Å². The quantitative estimate of drug-likeness (QED) is 0.123. The van der Waals surface area contributed by atoms with Gasteiger partial charge >= 0.3 is 0 Å². The Bertz CT molecular complexity index is 3060. The second-order valence-electron chi connectivity index (χ2n) is 16.1. The Hall–Kier alpha value is -5.17. The number of aromatic nitrogens is 3. The number of nitrogens with zero attached hydrogens (tertiary/aromatic N) is 3. The first-order chi connectivity index (χ1) is 27.1. The van der Waals surface area contributed by atoms with Crippen molar-refractivity contribution in [2.75, 3.05) is 0 Å². The Morgan fingerprint density at radius 3 is 2.30 bits per heavy atom. The molecule has 0 N–H and O–H groups in total. The molecule has 0 amide bonds. The summed E-state index contributed by atoms with van der Waals surface area (Å²) in [5.41, 5.74) is 10.5. The van der Waals surface area contributed by atoms with Crippen LogP contribution in [0.4, 0.5) is 0 Å². The number of furan rings is 1. The fourth-order valence-electron chi connectivity index (χ4n) is 7.82. The summed E-state index contributed by atoms with van der Waals surface area (Å²) in [4.78, 5) is 9.81. The molecule has 57 heavy (non-hydrogen) atoms. The minimum absolute atomic E-state index is 0. The number of imidazole rings is 1. The molecule has 10 aromatic rings. The second-order valence-corrected chi connectivity index (χ2v) is 22.2. The zero-order valence-electron chi connectivity index (χ0n) is 33.0. The summed E-state index contributed by atoms with van der Waals surface area (Å²) < 4.78 is 11.2. The Morgan fingerprint density at radius 1 is 0.754 bits per heavy atom. The van der Waals surface area contributed by atoms with Gasteiger partial charge in [-0.3, -0.25) is 4.98 Å². The normalized spacial score (nSPS) is 11.8. The Balaban J connectivity index is 0.000000179. The number of rotatable bonds is 6. The van der Waals surface area contributed by atoms with E-state index in [1.165, 1.54) is 36.5 Å².